The van der Waals surface area contributed by atoms with Crippen molar-refractivity contribution in [1.82, 2.24) is 0 Å². The Morgan fingerprint density at radius 3 is 2.60 bits per heavy atom. The molecule has 0 heterocycles. The highest BCUT2D eigenvalue weighted by molar-refractivity contribution is 5.96. The van der Waals surface area contributed by atoms with Crippen molar-refractivity contribution in [3.8, 4) is 0 Å². The van der Waals surface area contributed by atoms with Crippen LogP contribution in [0, 0.1) is 12.3 Å². The highest BCUT2D eigenvalue weighted by atomic mass is 16.1. The number of Topliss-reactive ketones (excluding diaryl/α,β-unsaturated/α-hetero) is 1. The lowest BCUT2D eigenvalue weighted by Crippen LogP contribution is -2.26. The van der Waals surface area contributed by atoms with Crippen LogP contribution in [0.4, 0.5) is 0 Å². The molecule has 82 valence electrons. The molecular formula is C13H19NO. The SMILES string of the molecule is Cc1cccc(C(=O)CC(C)(C)CN)c1. The summed E-state index contributed by atoms with van der Waals surface area (Å²) in [4.78, 5) is 11.9. The Bertz CT molecular complexity index is 355. The van der Waals surface area contributed by atoms with Crippen LogP contribution in [0.25, 0.3) is 0 Å². The van der Waals surface area contributed by atoms with E-state index in [-0.39, 0.29) is 11.2 Å². The van der Waals surface area contributed by atoms with E-state index in [4.69, 9.17) is 5.73 Å². The molecule has 15 heavy (non-hydrogen) atoms. The van der Waals surface area contributed by atoms with Crippen molar-refractivity contribution < 1.29 is 4.79 Å². The predicted molar refractivity (Wildman–Crippen MR) is 63.0 cm³/mol. The fourth-order valence-electron chi connectivity index (χ4n) is 1.43. The smallest absolute Gasteiger partial charge is 0.163 e. The molecule has 0 unspecified atom stereocenters. The molecule has 0 bridgehead atoms. The average Bonchev–Trinajstić information content (AvgIpc) is 2.17. The first kappa shape index (κ1) is 11.9. The molecule has 2 N–H and O–H groups in total. The molecule has 0 radical (unpaired) electrons. The summed E-state index contributed by atoms with van der Waals surface area (Å²) in [5.41, 5.74) is 7.41. The number of carbonyl (C=O) groups is 1. The van der Waals surface area contributed by atoms with Crippen molar-refractivity contribution in [2.45, 2.75) is 27.2 Å². The number of hydrogen-bond acceptors (Lipinski definition) is 2. The first-order chi connectivity index (χ1) is 6.94. The van der Waals surface area contributed by atoms with E-state index in [9.17, 15) is 4.79 Å². The minimum Gasteiger partial charge on any atom is -0.330 e. The van der Waals surface area contributed by atoms with Crippen LogP contribution < -0.4 is 5.73 Å². The zero-order chi connectivity index (χ0) is 11.5. The number of nitrogens with two attached hydrogens (primary N) is 1. The summed E-state index contributed by atoms with van der Waals surface area (Å²) in [6.45, 7) is 6.55. The first-order valence-corrected chi connectivity index (χ1v) is 5.24. The number of aryl methyl sites for hydroxylation is 1. The minimum atomic E-state index is -0.110. The van der Waals surface area contributed by atoms with Crippen LogP contribution in [0.3, 0.4) is 0 Å². The van der Waals surface area contributed by atoms with Gasteiger partial charge < -0.3 is 5.73 Å². The van der Waals surface area contributed by atoms with E-state index in [2.05, 4.69) is 0 Å². The summed E-state index contributed by atoms with van der Waals surface area (Å²) >= 11 is 0. The van der Waals surface area contributed by atoms with Gasteiger partial charge >= 0.3 is 0 Å². The van der Waals surface area contributed by atoms with Crippen LogP contribution in [0.15, 0.2) is 24.3 Å². The van der Waals surface area contributed by atoms with Gasteiger partial charge in [0.25, 0.3) is 0 Å². The summed E-state index contributed by atoms with van der Waals surface area (Å²) in [6.07, 6.45) is 0.507. The fourth-order valence-corrected chi connectivity index (χ4v) is 1.43. The van der Waals surface area contributed by atoms with Crippen LogP contribution in [0.1, 0.15) is 36.2 Å². The molecule has 0 aromatic heterocycles. The maximum atomic E-state index is 11.9. The van der Waals surface area contributed by atoms with Crippen molar-refractivity contribution in [1.29, 1.82) is 0 Å². The summed E-state index contributed by atoms with van der Waals surface area (Å²) in [6, 6.07) is 7.69. The van der Waals surface area contributed by atoms with E-state index in [1.807, 2.05) is 45.0 Å². The molecule has 1 rings (SSSR count). The third-order valence-corrected chi connectivity index (χ3v) is 2.53. The van der Waals surface area contributed by atoms with E-state index < -0.39 is 0 Å². The van der Waals surface area contributed by atoms with Gasteiger partial charge in [0.05, 0.1) is 0 Å². The van der Waals surface area contributed by atoms with E-state index in [0.717, 1.165) is 11.1 Å². The second-order valence-electron chi connectivity index (χ2n) is 4.84. The van der Waals surface area contributed by atoms with Gasteiger partial charge in [0.2, 0.25) is 0 Å². The van der Waals surface area contributed by atoms with E-state index in [1.54, 1.807) is 0 Å². The number of ketones is 1. The third kappa shape index (κ3) is 3.48. The highest BCUT2D eigenvalue weighted by Gasteiger charge is 2.20. The molecule has 0 aliphatic rings. The number of rotatable bonds is 4. The maximum Gasteiger partial charge on any atom is 0.163 e. The molecule has 0 spiro atoms. The Morgan fingerprint density at radius 2 is 2.07 bits per heavy atom. The Labute approximate surface area is 91.5 Å². The van der Waals surface area contributed by atoms with Crippen molar-refractivity contribution in [2.24, 2.45) is 11.1 Å². The largest absolute Gasteiger partial charge is 0.330 e. The molecule has 0 aliphatic heterocycles. The molecule has 0 saturated carbocycles. The van der Waals surface area contributed by atoms with Gasteiger partial charge in [-0.2, -0.15) is 0 Å². The zero-order valence-electron chi connectivity index (χ0n) is 9.71. The highest BCUT2D eigenvalue weighted by Crippen LogP contribution is 2.21. The van der Waals surface area contributed by atoms with Crippen molar-refractivity contribution in [3.05, 3.63) is 35.4 Å². The zero-order valence-corrected chi connectivity index (χ0v) is 9.71. The fraction of sp³-hybridized carbons (Fsp3) is 0.462. The molecule has 1 aromatic carbocycles. The van der Waals surface area contributed by atoms with Gasteiger partial charge in [-0.05, 0) is 24.9 Å². The average molecular weight is 205 g/mol. The Kier molecular flexibility index (Phi) is 3.64. The summed E-state index contributed by atoms with van der Waals surface area (Å²) in [5, 5.41) is 0. The van der Waals surface area contributed by atoms with E-state index in [0.29, 0.717) is 13.0 Å². The van der Waals surface area contributed by atoms with Gasteiger partial charge in [-0.1, -0.05) is 37.6 Å². The number of benzene rings is 1. The Morgan fingerprint density at radius 1 is 1.40 bits per heavy atom. The molecule has 0 atom stereocenters. The molecule has 0 fully saturated rings. The second kappa shape index (κ2) is 4.58. The van der Waals surface area contributed by atoms with Crippen molar-refractivity contribution in [3.63, 3.8) is 0 Å². The minimum absolute atomic E-state index is 0.110. The van der Waals surface area contributed by atoms with Crippen LogP contribution in [-0.2, 0) is 0 Å². The summed E-state index contributed by atoms with van der Waals surface area (Å²) < 4.78 is 0. The quantitative estimate of drug-likeness (QED) is 0.768. The lowest BCUT2D eigenvalue weighted by Gasteiger charge is -2.21. The molecule has 0 saturated heterocycles. The van der Waals surface area contributed by atoms with Gasteiger partial charge in [0.1, 0.15) is 0 Å². The first-order valence-electron chi connectivity index (χ1n) is 5.24. The van der Waals surface area contributed by atoms with Crippen molar-refractivity contribution in [2.75, 3.05) is 6.54 Å². The maximum absolute atomic E-state index is 11.9. The molecule has 0 aliphatic carbocycles. The van der Waals surface area contributed by atoms with Gasteiger partial charge in [0.15, 0.2) is 5.78 Å². The van der Waals surface area contributed by atoms with E-state index in [1.165, 1.54) is 0 Å². The Balaban J connectivity index is 2.78. The monoisotopic (exact) mass is 205 g/mol. The molecular weight excluding hydrogens is 186 g/mol. The number of hydrogen-bond donors (Lipinski definition) is 1. The lowest BCUT2D eigenvalue weighted by atomic mass is 9.85. The number of carbonyl (C=O) groups excluding carboxylic acids is 1. The van der Waals surface area contributed by atoms with Crippen LogP contribution in [0.2, 0.25) is 0 Å². The molecule has 1 aromatic rings. The topological polar surface area (TPSA) is 43.1 Å². The molecule has 2 nitrogen and oxygen atoms in total. The summed E-state index contributed by atoms with van der Waals surface area (Å²) in [7, 11) is 0. The summed E-state index contributed by atoms with van der Waals surface area (Å²) in [5.74, 6) is 0.175. The predicted octanol–water partition coefficient (Wildman–Crippen LogP) is 2.55. The van der Waals surface area contributed by atoms with Gasteiger partial charge in [0, 0.05) is 12.0 Å². The second-order valence-corrected chi connectivity index (χ2v) is 4.84. The molecule has 2 heteroatoms. The van der Waals surface area contributed by atoms with Crippen molar-refractivity contribution >= 4 is 5.78 Å². The normalized spacial score (nSPS) is 11.5. The van der Waals surface area contributed by atoms with Gasteiger partial charge in [-0.15, -0.1) is 0 Å². The van der Waals surface area contributed by atoms with Crippen LogP contribution >= 0.6 is 0 Å². The standard InChI is InChI=1S/C13H19NO/c1-10-5-4-6-11(7-10)12(15)8-13(2,3)9-14/h4-7H,8-9,14H2,1-3H3. The van der Waals surface area contributed by atoms with E-state index >= 15 is 0 Å². The lowest BCUT2D eigenvalue weighted by molar-refractivity contribution is 0.0935. The van der Waals surface area contributed by atoms with Gasteiger partial charge in [-0.25, -0.2) is 0 Å². The van der Waals surface area contributed by atoms with Crippen LogP contribution in [0.5, 0.6) is 0 Å². The molecule has 0 amide bonds. The van der Waals surface area contributed by atoms with Crippen LogP contribution in [-0.4, -0.2) is 12.3 Å². The third-order valence-electron chi connectivity index (χ3n) is 2.53. The van der Waals surface area contributed by atoms with Gasteiger partial charge in [-0.3, -0.25) is 4.79 Å². The Hall–Kier alpha value is -1.15.